The van der Waals surface area contributed by atoms with Crippen LogP contribution in [0.3, 0.4) is 0 Å². The van der Waals surface area contributed by atoms with Crippen LogP contribution >= 0.6 is 0 Å². The van der Waals surface area contributed by atoms with Crippen molar-refractivity contribution >= 4 is 0 Å². The highest BCUT2D eigenvalue weighted by molar-refractivity contribution is 5.61. The molecule has 2 rings (SSSR count). The summed E-state index contributed by atoms with van der Waals surface area (Å²) in [4.78, 5) is 0. The molecule has 0 aliphatic rings. The molecule has 1 aromatic carbocycles. The molecule has 0 amide bonds. The molecule has 1 heterocycles. The summed E-state index contributed by atoms with van der Waals surface area (Å²) in [6.45, 7) is 4.37. The number of nitrogens with zero attached hydrogens (tertiary/aromatic N) is 1. The first kappa shape index (κ1) is 9.91. The van der Waals surface area contributed by atoms with E-state index in [1.807, 2.05) is 6.07 Å². The van der Waals surface area contributed by atoms with E-state index in [1.54, 1.807) is 0 Å². The van der Waals surface area contributed by atoms with E-state index in [4.69, 9.17) is 0 Å². The first-order valence-corrected chi connectivity index (χ1v) is 5.33. The van der Waals surface area contributed by atoms with Gasteiger partial charge in [-0.1, -0.05) is 30.3 Å². The summed E-state index contributed by atoms with van der Waals surface area (Å²) in [5.41, 5.74) is 2.54. The monoisotopic (exact) mass is 198 g/mol. The Morgan fingerprint density at radius 1 is 0.800 bits per heavy atom. The predicted molar refractivity (Wildman–Crippen MR) is 62.5 cm³/mol. The summed E-state index contributed by atoms with van der Waals surface area (Å²) in [6, 6.07) is 15.3. The van der Waals surface area contributed by atoms with Gasteiger partial charge >= 0.3 is 0 Å². The molecule has 15 heavy (non-hydrogen) atoms. The van der Waals surface area contributed by atoms with Crippen LogP contribution in [0.15, 0.2) is 54.9 Å². The van der Waals surface area contributed by atoms with Crippen LogP contribution in [-0.2, 0) is 0 Å². The minimum absolute atomic E-state index is 0.523. The number of pyridine rings is 1. The van der Waals surface area contributed by atoms with Crippen molar-refractivity contribution in [3.8, 4) is 11.1 Å². The second-order valence-electron chi connectivity index (χ2n) is 3.99. The van der Waals surface area contributed by atoms with Crippen LogP contribution in [0.1, 0.15) is 19.9 Å². The van der Waals surface area contributed by atoms with Crippen molar-refractivity contribution in [3.05, 3.63) is 54.9 Å². The van der Waals surface area contributed by atoms with Crippen LogP contribution in [0.2, 0.25) is 0 Å². The molecule has 1 aromatic heterocycles. The van der Waals surface area contributed by atoms with Gasteiger partial charge in [-0.2, -0.15) is 0 Å². The maximum Gasteiger partial charge on any atom is 0.169 e. The van der Waals surface area contributed by atoms with Crippen molar-refractivity contribution < 1.29 is 4.57 Å². The molecule has 0 aliphatic heterocycles. The quantitative estimate of drug-likeness (QED) is 0.652. The zero-order valence-corrected chi connectivity index (χ0v) is 9.22. The van der Waals surface area contributed by atoms with Crippen molar-refractivity contribution in [3.63, 3.8) is 0 Å². The van der Waals surface area contributed by atoms with Gasteiger partial charge in [0, 0.05) is 12.1 Å². The second kappa shape index (κ2) is 4.26. The summed E-state index contributed by atoms with van der Waals surface area (Å²) in [7, 11) is 0. The lowest BCUT2D eigenvalue weighted by Gasteiger charge is -2.02. The first-order valence-electron chi connectivity index (χ1n) is 5.33. The topological polar surface area (TPSA) is 3.88 Å². The van der Waals surface area contributed by atoms with Crippen molar-refractivity contribution in [2.24, 2.45) is 0 Å². The highest BCUT2D eigenvalue weighted by Gasteiger charge is 2.05. The van der Waals surface area contributed by atoms with E-state index in [0.717, 1.165) is 0 Å². The second-order valence-corrected chi connectivity index (χ2v) is 3.99. The van der Waals surface area contributed by atoms with Gasteiger partial charge in [-0.05, 0) is 25.0 Å². The van der Waals surface area contributed by atoms with Crippen molar-refractivity contribution in [1.29, 1.82) is 0 Å². The number of hydrogen-bond donors (Lipinski definition) is 0. The van der Waals surface area contributed by atoms with E-state index < -0.39 is 0 Å². The van der Waals surface area contributed by atoms with Crippen molar-refractivity contribution in [1.82, 2.24) is 0 Å². The van der Waals surface area contributed by atoms with Gasteiger partial charge in [-0.3, -0.25) is 0 Å². The lowest BCUT2D eigenvalue weighted by molar-refractivity contribution is -0.716. The van der Waals surface area contributed by atoms with Crippen LogP contribution in [0, 0.1) is 0 Å². The summed E-state index contributed by atoms with van der Waals surface area (Å²) in [5.74, 6) is 0. The Morgan fingerprint density at radius 2 is 1.33 bits per heavy atom. The van der Waals surface area contributed by atoms with Gasteiger partial charge in [0.05, 0.1) is 0 Å². The van der Waals surface area contributed by atoms with Crippen LogP contribution in [0.5, 0.6) is 0 Å². The third-order valence-corrected chi connectivity index (χ3v) is 2.56. The minimum Gasteiger partial charge on any atom is -0.203 e. The Balaban J connectivity index is 2.32. The number of benzene rings is 1. The van der Waals surface area contributed by atoms with Gasteiger partial charge in [0.15, 0.2) is 18.4 Å². The number of rotatable bonds is 2. The number of hydrogen-bond acceptors (Lipinski definition) is 0. The van der Waals surface area contributed by atoms with Gasteiger partial charge in [0.25, 0.3) is 0 Å². The largest absolute Gasteiger partial charge is 0.203 e. The molecule has 1 nitrogen and oxygen atoms in total. The molecule has 0 saturated carbocycles. The van der Waals surface area contributed by atoms with Crippen LogP contribution in [0.25, 0.3) is 11.1 Å². The molecule has 0 atom stereocenters. The molecule has 0 aliphatic carbocycles. The smallest absolute Gasteiger partial charge is 0.169 e. The Labute approximate surface area is 91.0 Å². The lowest BCUT2D eigenvalue weighted by atomic mass is 10.1. The molecule has 0 bridgehead atoms. The summed E-state index contributed by atoms with van der Waals surface area (Å²) < 4.78 is 2.20. The van der Waals surface area contributed by atoms with Gasteiger partial charge < -0.3 is 0 Å². The fraction of sp³-hybridized carbons (Fsp3) is 0.214. The van der Waals surface area contributed by atoms with Crippen LogP contribution in [0.4, 0.5) is 0 Å². The zero-order chi connectivity index (χ0) is 10.7. The standard InChI is InChI=1S/C14H16N/c1-12(2)15-10-8-14(9-11-15)13-6-4-3-5-7-13/h3-12H,1-2H3/q+1. The average Bonchev–Trinajstić information content (AvgIpc) is 2.30. The summed E-state index contributed by atoms with van der Waals surface area (Å²) in [6.07, 6.45) is 4.26. The Hall–Kier alpha value is -1.63. The lowest BCUT2D eigenvalue weighted by Crippen LogP contribution is -2.34. The molecule has 0 radical (unpaired) electrons. The van der Waals surface area contributed by atoms with Gasteiger partial charge in [-0.15, -0.1) is 0 Å². The van der Waals surface area contributed by atoms with Gasteiger partial charge in [-0.25, -0.2) is 4.57 Å². The fourth-order valence-corrected chi connectivity index (χ4v) is 1.61. The molecular formula is C14H16N+. The Bertz CT molecular complexity index is 415. The molecule has 0 fully saturated rings. The Kier molecular flexibility index (Phi) is 2.82. The van der Waals surface area contributed by atoms with E-state index >= 15 is 0 Å². The molecule has 0 saturated heterocycles. The highest BCUT2D eigenvalue weighted by Crippen LogP contribution is 2.16. The summed E-state index contributed by atoms with van der Waals surface area (Å²) in [5, 5.41) is 0. The zero-order valence-electron chi connectivity index (χ0n) is 9.22. The summed E-state index contributed by atoms with van der Waals surface area (Å²) >= 11 is 0. The van der Waals surface area contributed by atoms with Crippen molar-refractivity contribution in [2.45, 2.75) is 19.9 Å². The molecule has 76 valence electrons. The highest BCUT2D eigenvalue weighted by atomic mass is 15.0. The average molecular weight is 198 g/mol. The van der Waals surface area contributed by atoms with Crippen LogP contribution in [-0.4, -0.2) is 0 Å². The van der Waals surface area contributed by atoms with E-state index in [0.29, 0.717) is 6.04 Å². The minimum atomic E-state index is 0.523. The fourth-order valence-electron chi connectivity index (χ4n) is 1.61. The van der Waals surface area contributed by atoms with E-state index in [-0.39, 0.29) is 0 Å². The van der Waals surface area contributed by atoms with Crippen LogP contribution < -0.4 is 4.57 Å². The molecule has 0 spiro atoms. The molecule has 2 aromatic rings. The third kappa shape index (κ3) is 2.24. The van der Waals surface area contributed by atoms with E-state index in [9.17, 15) is 0 Å². The third-order valence-electron chi connectivity index (χ3n) is 2.56. The van der Waals surface area contributed by atoms with E-state index in [1.165, 1.54) is 11.1 Å². The van der Waals surface area contributed by atoms with E-state index in [2.05, 4.69) is 67.2 Å². The predicted octanol–water partition coefficient (Wildman–Crippen LogP) is 3.22. The maximum absolute atomic E-state index is 2.20. The molecule has 1 heteroatoms. The normalized spacial score (nSPS) is 10.6. The molecule has 0 N–H and O–H groups in total. The molecular weight excluding hydrogens is 182 g/mol. The van der Waals surface area contributed by atoms with Gasteiger partial charge in [0.1, 0.15) is 0 Å². The number of aromatic nitrogens is 1. The van der Waals surface area contributed by atoms with Crippen molar-refractivity contribution in [2.75, 3.05) is 0 Å². The SMILES string of the molecule is CC(C)[n+]1ccc(-c2ccccc2)cc1. The first-order chi connectivity index (χ1) is 7.27. The Morgan fingerprint density at radius 3 is 1.87 bits per heavy atom. The maximum atomic E-state index is 2.20. The van der Waals surface area contributed by atoms with Gasteiger partial charge in [0.2, 0.25) is 0 Å². The molecule has 0 unspecified atom stereocenters.